The second-order valence-corrected chi connectivity index (χ2v) is 20.9. The van der Waals surface area contributed by atoms with Crippen LogP contribution in [0.15, 0.2) is 36.4 Å². The first-order valence-electron chi connectivity index (χ1n) is 19.9. The van der Waals surface area contributed by atoms with Gasteiger partial charge in [0.15, 0.2) is 0 Å². The zero-order chi connectivity index (χ0) is 34.8. The van der Waals surface area contributed by atoms with Crippen molar-refractivity contribution in [1.82, 2.24) is 0 Å². The van der Waals surface area contributed by atoms with Crippen molar-refractivity contribution in [2.45, 2.75) is 198 Å². The van der Waals surface area contributed by atoms with Gasteiger partial charge >= 0.3 is 0 Å². The quantitative estimate of drug-likeness (QED) is 0.309. The molecule has 0 nitrogen and oxygen atoms in total. The number of aryl methyl sites for hydroxylation is 2. The summed E-state index contributed by atoms with van der Waals surface area (Å²) in [7, 11) is 0. The lowest BCUT2D eigenvalue weighted by Gasteiger charge is -2.60. The Balaban J connectivity index is 0.000000212. The Morgan fingerprint density at radius 2 is 1.06 bits per heavy atom. The summed E-state index contributed by atoms with van der Waals surface area (Å²) in [5.74, 6) is 2.94. The summed E-state index contributed by atoms with van der Waals surface area (Å²) in [6, 6.07) is 14.8. The lowest BCUT2D eigenvalue weighted by Crippen LogP contribution is -2.54. The normalized spacial score (nSPS) is 33.0. The van der Waals surface area contributed by atoms with E-state index in [1.165, 1.54) is 81.8 Å². The maximum Gasteiger partial charge on any atom is -0.00388 e. The van der Waals surface area contributed by atoms with Crippen molar-refractivity contribution in [3.05, 3.63) is 69.8 Å². The molecule has 6 rings (SSSR count). The zero-order valence-electron chi connectivity index (χ0n) is 33.6. The topological polar surface area (TPSA) is 0 Å². The van der Waals surface area contributed by atoms with Gasteiger partial charge in [0.25, 0.3) is 0 Å². The molecule has 0 heteroatoms. The first-order valence-corrected chi connectivity index (χ1v) is 19.9. The molecule has 0 heterocycles. The Labute approximate surface area is 300 Å². The number of hydrogen-bond donors (Lipinski definition) is 0. The molecule has 2 saturated carbocycles. The molecule has 0 aliphatic heterocycles. The monoisotopic (exact) mass is 655 g/mol. The Kier molecular flexibility index (Phi) is 11.1. The van der Waals surface area contributed by atoms with Crippen molar-refractivity contribution >= 4 is 0 Å². The number of fused-ring (bicyclic) bond motifs is 6. The van der Waals surface area contributed by atoms with E-state index in [9.17, 15) is 0 Å². The average Bonchev–Trinajstić information content (AvgIpc) is 2.95. The number of hydrogen-bond acceptors (Lipinski definition) is 0. The van der Waals surface area contributed by atoms with Crippen LogP contribution < -0.4 is 0 Å². The minimum absolute atomic E-state index is 0. The summed E-state index contributed by atoms with van der Waals surface area (Å²) in [6.07, 6.45) is 15.0. The SMILES string of the molecule is C.CC(C)c1ccc2c(c1)CCC1C(C)(CC(C)(C)C)CCCC21C.CC(C)c1ccc2c(c1)CCC1C2(C)CCCC1(C)C(C)(C)C. The van der Waals surface area contributed by atoms with Crippen LogP contribution in [0.2, 0.25) is 0 Å². The standard InChI is InChI=1S/C24H38.C23H36.CH4/c1-17(2)18-9-11-20-19(15-18)10-12-21-23(6,16-22(3,4)5)13-8-14-24(20,21)7;1-16(2)17-9-11-19-18(15-17)10-12-20-22(19,6)13-8-14-23(20,7)21(3,4)5;/h9,11,15,17,21H,8,10,12-14,16H2,1-7H3;9,11,15-16,20H,8,10,12-14H2,1-7H3;1H4. The fourth-order valence-electron chi connectivity index (χ4n) is 12.2. The second kappa shape index (κ2) is 13.5. The highest BCUT2D eigenvalue weighted by Gasteiger charge is 2.56. The largest absolute Gasteiger partial charge is 0.0776 e. The minimum atomic E-state index is 0. The summed E-state index contributed by atoms with van der Waals surface area (Å²) >= 11 is 0. The van der Waals surface area contributed by atoms with Crippen molar-refractivity contribution in [2.24, 2.45) is 33.5 Å². The molecule has 270 valence electrons. The van der Waals surface area contributed by atoms with Crippen LogP contribution in [-0.2, 0) is 23.7 Å². The highest BCUT2D eigenvalue weighted by molar-refractivity contribution is 5.43. The molecule has 4 aliphatic rings. The van der Waals surface area contributed by atoms with E-state index in [-0.39, 0.29) is 7.43 Å². The van der Waals surface area contributed by atoms with Crippen LogP contribution in [0.3, 0.4) is 0 Å². The molecular formula is C48H78. The number of rotatable bonds is 3. The molecule has 0 amide bonds. The summed E-state index contributed by atoms with van der Waals surface area (Å²) in [6.45, 7) is 34.3. The molecule has 0 bridgehead atoms. The first kappa shape index (κ1) is 39.2. The van der Waals surface area contributed by atoms with E-state index in [4.69, 9.17) is 0 Å². The van der Waals surface area contributed by atoms with Crippen LogP contribution in [0.5, 0.6) is 0 Å². The summed E-state index contributed by atoms with van der Waals surface area (Å²) < 4.78 is 0. The highest BCUT2D eigenvalue weighted by atomic mass is 14.6. The van der Waals surface area contributed by atoms with Crippen molar-refractivity contribution in [3.8, 4) is 0 Å². The van der Waals surface area contributed by atoms with Gasteiger partial charge in [0, 0.05) is 0 Å². The molecule has 2 fully saturated rings. The molecule has 0 spiro atoms. The highest BCUT2D eigenvalue weighted by Crippen LogP contribution is 2.63. The van der Waals surface area contributed by atoms with Gasteiger partial charge in [0.1, 0.15) is 0 Å². The van der Waals surface area contributed by atoms with E-state index in [0.717, 1.165) is 11.8 Å². The molecule has 2 aromatic rings. The minimum Gasteiger partial charge on any atom is -0.0776 e. The third-order valence-corrected chi connectivity index (χ3v) is 14.9. The van der Waals surface area contributed by atoms with E-state index >= 15 is 0 Å². The van der Waals surface area contributed by atoms with Crippen LogP contribution in [0.4, 0.5) is 0 Å². The predicted molar refractivity (Wildman–Crippen MR) is 214 cm³/mol. The fraction of sp³-hybridized carbons (Fsp3) is 0.750. The molecule has 6 unspecified atom stereocenters. The van der Waals surface area contributed by atoms with Crippen LogP contribution >= 0.6 is 0 Å². The van der Waals surface area contributed by atoms with Gasteiger partial charge in [0.05, 0.1) is 0 Å². The van der Waals surface area contributed by atoms with Crippen LogP contribution in [0, 0.1) is 33.5 Å². The Bertz CT molecular complexity index is 1410. The van der Waals surface area contributed by atoms with Gasteiger partial charge in [0.2, 0.25) is 0 Å². The Morgan fingerprint density at radius 3 is 1.50 bits per heavy atom. The van der Waals surface area contributed by atoms with Gasteiger partial charge in [-0.15, -0.1) is 0 Å². The molecule has 4 aliphatic carbocycles. The lowest BCUT2D eigenvalue weighted by molar-refractivity contribution is -0.0566. The van der Waals surface area contributed by atoms with E-state index in [1.54, 1.807) is 22.3 Å². The van der Waals surface area contributed by atoms with Crippen molar-refractivity contribution < 1.29 is 0 Å². The van der Waals surface area contributed by atoms with E-state index < -0.39 is 0 Å². The van der Waals surface area contributed by atoms with Gasteiger partial charge in [-0.05, 0) is 147 Å². The average molecular weight is 655 g/mol. The molecule has 2 aromatic carbocycles. The van der Waals surface area contributed by atoms with Crippen LogP contribution in [0.25, 0.3) is 0 Å². The smallest absolute Gasteiger partial charge is 0.00388 e. The zero-order valence-corrected chi connectivity index (χ0v) is 33.6. The maximum absolute atomic E-state index is 2.60. The third-order valence-electron chi connectivity index (χ3n) is 14.9. The van der Waals surface area contributed by atoms with Gasteiger partial charge in [-0.3, -0.25) is 0 Å². The van der Waals surface area contributed by atoms with E-state index in [2.05, 4.69) is 133 Å². The molecule has 6 atom stereocenters. The summed E-state index contributed by atoms with van der Waals surface area (Å²) in [5.41, 5.74) is 12.2. The van der Waals surface area contributed by atoms with Crippen LogP contribution in [-0.4, -0.2) is 0 Å². The molecule has 0 saturated heterocycles. The second-order valence-electron chi connectivity index (χ2n) is 20.9. The van der Waals surface area contributed by atoms with Gasteiger partial charge in [-0.25, -0.2) is 0 Å². The summed E-state index contributed by atoms with van der Waals surface area (Å²) in [4.78, 5) is 0. The van der Waals surface area contributed by atoms with Gasteiger partial charge in [-0.2, -0.15) is 0 Å². The van der Waals surface area contributed by atoms with E-state index in [0.29, 0.717) is 44.3 Å². The van der Waals surface area contributed by atoms with Gasteiger partial charge < -0.3 is 0 Å². The Hall–Kier alpha value is -1.56. The van der Waals surface area contributed by atoms with Gasteiger partial charge in [-0.1, -0.05) is 154 Å². The molecule has 48 heavy (non-hydrogen) atoms. The van der Waals surface area contributed by atoms with Crippen molar-refractivity contribution in [1.29, 1.82) is 0 Å². The Morgan fingerprint density at radius 1 is 0.625 bits per heavy atom. The molecular weight excluding hydrogens is 577 g/mol. The van der Waals surface area contributed by atoms with Crippen LogP contribution in [0.1, 0.15) is 207 Å². The molecule has 0 N–H and O–H groups in total. The third kappa shape index (κ3) is 7.00. The number of benzene rings is 2. The fourth-order valence-corrected chi connectivity index (χ4v) is 12.2. The first-order chi connectivity index (χ1) is 21.6. The molecule has 0 aromatic heterocycles. The van der Waals surface area contributed by atoms with E-state index in [1.807, 2.05) is 0 Å². The maximum atomic E-state index is 2.60. The molecule has 0 radical (unpaired) electrons. The lowest BCUT2D eigenvalue weighted by atomic mass is 9.44. The predicted octanol–water partition coefficient (Wildman–Crippen LogP) is 14.8. The van der Waals surface area contributed by atoms with Crippen molar-refractivity contribution in [3.63, 3.8) is 0 Å². The van der Waals surface area contributed by atoms with Crippen molar-refractivity contribution in [2.75, 3.05) is 0 Å². The summed E-state index contributed by atoms with van der Waals surface area (Å²) in [5, 5.41) is 0.